The molecule has 20 heavy (non-hydrogen) atoms. The van der Waals surface area contributed by atoms with Crippen LogP contribution in [-0.4, -0.2) is 23.2 Å². The molecule has 0 radical (unpaired) electrons. The van der Waals surface area contributed by atoms with Crippen molar-refractivity contribution in [3.8, 4) is 0 Å². The number of nitrogens with one attached hydrogen (secondary N) is 1. The third kappa shape index (κ3) is 2.80. The maximum absolute atomic E-state index is 12.6. The zero-order valence-corrected chi connectivity index (χ0v) is 12.3. The molecule has 1 aliphatic carbocycles. The molecule has 2 rings (SSSR count). The second kappa shape index (κ2) is 5.44. The molecule has 1 aliphatic rings. The van der Waals surface area contributed by atoms with Crippen LogP contribution in [0, 0.1) is 0 Å². The van der Waals surface area contributed by atoms with Crippen LogP contribution in [0.2, 0.25) is 0 Å². The Labute approximate surface area is 120 Å². The van der Waals surface area contributed by atoms with Crippen molar-refractivity contribution in [3.63, 3.8) is 0 Å². The number of carbonyl (C=O) groups excluding carboxylic acids is 1. The predicted molar refractivity (Wildman–Crippen MR) is 80.3 cm³/mol. The highest BCUT2D eigenvalue weighted by molar-refractivity contribution is 5.91. The topological polar surface area (TPSA) is 75.3 Å². The summed E-state index contributed by atoms with van der Waals surface area (Å²) in [6, 6.07) is 7.57. The molecule has 0 heterocycles. The Balaban J connectivity index is 2.14. The SMILES string of the molecule is CCC(C)(CCO)NC(=O)C1(c2ccc(N)cc2)CC1. The van der Waals surface area contributed by atoms with Crippen LogP contribution in [0.1, 0.15) is 45.1 Å². The molecule has 1 saturated carbocycles. The second-order valence-corrected chi connectivity index (χ2v) is 6.05. The van der Waals surface area contributed by atoms with Crippen LogP contribution in [0.4, 0.5) is 5.69 Å². The highest BCUT2D eigenvalue weighted by Crippen LogP contribution is 2.49. The lowest BCUT2D eigenvalue weighted by atomic mass is 9.90. The van der Waals surface area contributed by atoms with Crippen LogP contribution < -0.4 is 11.1 Å². The fourth-order valence-electron chi connectivity index (χ4n) is 2.54. The second-order valence-electron chi connectivity index (χ2n) is 6.05. The molecule has 0 saturated heterocycles. The van der Waals surface area contributed by atoms with E-state index >= 15 is 0 Å². The van der Waals surface area contributed by atoms with E-state index in [9.17, 15) is 4.79 Å². The molecule has 1 amide bonds. The Morgan fingerprint density at radius 3 is 2.45 bits per heavy atom. The van der Waals surface area contributed by atoms with Gasteiger partial charge in [-0.2, -0.15) is 0 Å². The minimum atomic E-state index is -0.389. The highest BCUT2D eigenvalue weighted by Gasteiger charge is 2.52. The third-order valence-electron chi connectivity index (χ3n) is 4.51. The molecule has 1 atom stereocenters. The molecule has 0 bridgehead atoms. The first-order valence-electron chi connectivity index (χ1n) is 7.25. The molecule has 4 heteroatoms. The van der Waals surface area contributed by atoms with E-state index in [0.717, 1.165) is 24.8 Å². The van der Waals surface area contributed by atoms with Gasteiger partial charge in [-0.25, -0.2) is 0 Å². The lowest BCUT2D eigenvalue weighted by Gasteiger charge is -2.31. The molecular weight excluding hydrogens is 252 g/mol. The average Bonchev–Trinajstić information content (AvgIpc) is 3.21. The lowest BCUT2D eigenvalue weighted by molar-refractivity contribution is -0.125. The van der Waals surface area contributed by atoms with Crippen molar-refractivity contribution >= 4 is 11.6 Å². The Bertz CT molecular complexity index is 480. The Morgan fingerprint density at radius 1 is 1.40 bits per heavy atom. The molecule has 0 aliphatic heterocycles. The zero-order valence-electron chi connectivity index (χ0n) is 12.3. The van der Waals surface area contributed by atoms with E-state index in [1.807, 2.05) is 38.1 Å². The maximum Gasteiger partial charge on any atom is 0.231 e. The van der Waals surface area contributed by atoms with E-state index < -0.39 is 0 Å². The number of nitrogen functional groups attached to an aromatic ring is 1. The fourth-order valence-corrected chi connectivity index (χ4v) is 2.54. The van der Waals surface area contributed by atoms with Crippen molar-refractivity contribution in [2.75, 3.05) is 12.3 Å². The van der Waals surface area contributed by atoms with Gasteiger partial charge >= 0.3 is 0 Å². The number of benzene rings is 1. The maximum atomic E-state index is 12.6. The average molecular weight is 276 g/mol. The smallest absolute Gasteiger partial charge is 0.231 e. The van der Waals surface area contributed by atoms with Crippen molar-refractivity contribution in [1.82, 2.24) is 5.32 Å². The number of rotatable bonds is 6. The molecule has 1 aromatic rings. The van der Waals surface area contributed by atoms with E-state index in [4.69, 9.17) is 10.8 Å². The molecular formula is C16H24N2O2. The quantitative estimate of drug-likeness (QED) is 0.695. The van der Waals surface area contributed by atoms with Gasteiger partial charge in [-0.05, 0) is 50.3 Å². The standard InChI is InChI=1S/C16H24N2O2/c1-3-15(2,10-11-19)18-14(20)16(8-9-16)12-4-6-13(17)7-5-12/h4-7,19H,3,8-11,17H2,1-2H3,(H,18,20). The minimum absolute atomic E-state index is 0.0695. The van der Waals surface area contributed by atoms with Gasteiger partial charge in [0.05, 0.1) is 5.41 Å². The van der Waals surface area contributed by atoms with Crippen LogP contribution in [0.5, 0.6) is 0 Å². The van der Waals surface area contributed by atoms with E-state index in [0.29, 0.717) is 12.1 Å². The van der Waals surface area contributed by atoms with Crippen molar-refractivity contribution in [2.45, 2.75) is 50.5 Å². The third-order valence-corrected chi connectivity index (χ3v) is 4.51. The summed E-state index contributed by atoms with van der Waals surface area (Å²) >= 11 is 0. The lowest BCUT2D eigenvalue weighted by Crippen LogP contribution is -2.50. The number of nitrogens with two attached hydrogens (primary N) is 1. The normalized spacial score (nSPS) is 19.1. The van der Waals surface area contributed by atoms with Gasteiger partial charge in [-0.1, -0.05) is 19.1 Å². The van der Waals surface area contributed by atoms with Gasteiger partial charge in [0.1, 0.15) is 0 Å². The summed E-state index contributed by atoms with van der Waals surface area (Å²) in [5, 5.41) is 12.3. The van der Waals surface area contributed by atoms with Gasteiger partial charge in [0, 0.05) is 17.8 Å². The number of carbonyl (C=O) groups is 1. The number of amides is 1. The van der Waals surface area contributed by atoms with Gasteiger partial charge in [-0.15, -0.1) is 0 Å². The number of hydrogen-bond acceptors (Lipinski definition) is 3. The predicted octanol–water partition coefficient (Wildman–Crippen LogP) is 1.97. The van der Waals surface area contributed by atoms with Crippen LogP contribution >= 0.6 is 0 Å². The summed E-state index contributed by atoms with van der Waals surface area (Å²) in [5.74, 6) is 0.0695. The summed E-state index contributed by atoms with van der Waals surface area (Å²) in [5.41, 5.74) is 6.72. The van der Waals surface area contributed by atoms with Gasteiger partial charge in [-0.3, -0.25) is 4.79 Å². The largest absolute Gasteiger partial charge is 0.399 e. The van der Waals surface area contributed by atoms with Gasteiger partial charge in [0.2, 0.25) is 5.91 Å². The molecule has 1 aromatic carbocycles. The Hall–Kier alpha value is -1.55. The van der Waals surface area contributed by atoms with Crippen LogP contribution in [0.25, 0.3) is 0 Å². The van der Waals surface area contributed by atoms with Crippen molar-refractivity contribution < 1.29 is 9.90 Å². The van der Waals surface area contributed by atoms with Crippen molar-refractivity contribution in [1.29, 1.82) is 0 Å². The molecule has 4 N–H and O–H groups in total. The van der Waals surface area contributed by atoms with Crippen molar-refractivity contribution in [3.05, 3.63) is 29.8 Å². The van der Waals surface area contributed by atoms with Crippen molar-refractivity contribution in [2.24, 2.45) is 0 Å². The molecule has 1 fully saturated rings. The van der Waals surface area contributed by atoms with Crippen LogP contribution in [0.3, 0.4) is 0 Å². The summed E-state index contributed by atoms with van der Waals surface area (Å²) in [4.78, 5) is 12.6. The van der Waals surface area contributed by atoms with Gasteiger partial charge in [0.25, 0.3) is 0 Å². The van der Waals surface area contributed by atoms with E-state index in [1.54, 1.807) is 0 Å². The van der Waals surface area contributed by atoms with Crippen LogP contribution in [0.15, 0.2) is 24.3 Å². The van der Waals surface area contributed by atoms with Gasteiger partial charge < -0.3 is 16.2 Å². The first-order chi connectivity index (χ1) is 9.46. The van der Waals surface area contributed by atoms with E-state index in [1.165, 1.54) is 0 Å². The Morgan fingerprint density at radius 2 is 2.00 bits per heavy atom. The number of aliphatic hydroxyl groups is 1. The van der Waals surface area contributed by atoms with E-state index in [2.05, 4.69) is 5.32 Å². The van der Waals surface area contributed by atoms with E-state index in [-0.39, 0.29) is 23.5 Å². The highest BCUT2D eigenvalue weighted by atomic mass is 16.3. The minimum Gasteiger partial charge on any atom is -0.399 e. The summed E-state index contributed by atoms with van der Waals surface area (Å²) in [6.45, 7) is 4.10. The molecule has 0 aromatic heterocycles. The summed E-state index contributed by atoms with van der Waals surface area (Å²) < 4.78 is 0. The summed E-state index contributed by atoms with van der Waals surface area (Å²) in [6.07, 6.45) is 3.13. The fraction of sp³-hybridized carbons (Fsp3) is 0.562. The number of hydrogen-bond donors (Lipinski definition) is 3. The molecule has 110 valence electrons. The summed E-state index contributed by atoms with van der Waals surface area (Å²) in [7, 11) is 0. The molecule has 0 spiro atoms. The van der Waals surface area contributed by atoms with Crippen LogP contribution in [-0.2, 0) is 10.2 Å². The first-order valence-corrected chi connectivity index (χ1v) is 7.25. The Kier molecular flexibility index (Phi) is 4.04. The number of anilines is 1. The molecule has 4 nitrogen and oxygen atoms in total. The van der Waals surface area contributed by atoms with Gasteiger partial charge in [0.15, 0.2) is 0 Å². The zero-order chi connectivity index (χ0) is 14.8. The molecule has 1 unspecified atom stereocenters. The number of aliphatic hydroxyl groups excluding tert-OH is 1. The monoisotopic (exact) mass is 276 g/mol. The first kappa shape index (κ1) is 14.9.